The summed E-state index contributed by atoms with van der Waals surface area (Å²) in [6.45, 7) is 0. The van der Waals surface area contributed by atoms with Gasteiger partial charge in [0.1, 0.15) is 0 Å². The maximum Gasteiger partial charge on any atom is 0.183 e. The molecule has 0 amide bonds. The SMILES string of the molecule is C#Cc1nc2ccncc2[nH]1. The Labute approximate surface area is 63.5 Å². The van der Waals surface area contributed by atoms with Crippen LogP contribution in [0.4, 0.5) is 0 Å². The van der Waals surface area contributed by atoms with Crippen molar-refractivity contribution >= 4 is 11.0 Å². The number of H-pyrrole nitrogens is 1. The minimum Gasteiger partial charge on any atom is -0.330 e. The number of pyridine rings is 1. The highest BCUT2D eigenvalue weighted by atomic mass is 14.9. The lowest BCUT2D eigenvalue weighted by Crippen LogP contribution is -1.72. The van der Waals surface area contributed by atoms with Crippen molar-refractivity contribution in [2.75, 3.05) is 0 Å². The number of rotatable bonds is 0. The average molecular weight is 143 g/mol. The molecule has 0 aliphatic rings. The van der Waals surface area contributed by atoms with E-state index in [1.54, 1.807) is 12.4 Å². The van der Waals surface area contributed by atoms with Gasteiger partial charge < -0.3 is 4.98 Å². The Kier molecular flexibility index (Phi) is 1.13. The van der Waals surface area contributed by atoms with E-state index in [9.17, 15) is 0 Å². The molecule has 1 N–H and O–H groups in total. The molecule has 3 heteroatoms. The first-order chi connectivity index (χ1) is 5.40. The van der Waals surface area contributed by atoms with E-state index < -0.39 is 0 Å². The first kappa shape index (κ1) is 5.93. The van der Waals surface area contributed by atoms with Crippen molar-refractivity contribution < 1.29 is 0 Å². The van der Waals surface area contributed by atoms with Crippen LogP contribution in [-0.2, 0) is 0 Å². The predicted octanol–water partition coefficient (Wildman–Crippen LogP) is 0.939. The van der Waals surface area contributed by atoms with Crippen LogP contribution in [0.25, 0.3) is 11.0 Å². The van der Waals surface area contributed by atoms with Crippen molar-refractivity contribution in [3.63, 3.8) is 0 Å². The van der Waals surface area contributed by atoms with Crippen molar-refractivity contribution in [1.29, 1.82) is 0 Å². The van der Waals surface area contributed by atoms with Gasteiger partial charge >= 0.3 is 0 Å². The van der Waals surface area contributed by atoms with Crippen LogP contribution in [0.3, 0.4) is 0 Å². The highest BCUT2D eigenvalue weighted by molar-refractivity contribution is 5.74. The van der Waals surface area contributed by atoms with Gasteiger partial charge in [-0.1, -0.05) is 0 Å². The third-order valence-corrected chi connectivity index (χ3v) is 1.42. The maximum absolute atomic E-state index is 5.15. The molecule has 0 saturated carbocycles. The number of aromatic nitrogens is 3. The fourth-order valence-corrected chi connectivity index (χ4v) is 0.925. The number of nitrogens with zero attached hydrogens (tertiary/aromatic N) is 2. The lowest BCUT2D eigenvalue weighted by atomic mass is 10.4. The second-order valence-corrected chi connectivity index (χ2v) is 2.12. The Hall–Kier alpha value is -1.82. The van der Waals surface area contributed by atoms with E-state index in [-0.39, 0.29) is 0 Å². The quantitative estimate of drug-likeness (QED) is 0.557. The summed E-state index contributed by atoms with van der Waals surface area (Å²) in [4.78, 5) is 11.0. The van der Waals surface area contributed by atoms with Crippen molar-refractivity contribution in [3.8, 4) is 12.3 Å². The molecule has 0 atom stereocenters. The monoisotopic (exact) mass is 143 g/mol. The zero-order valence-electron chi connectivity index (χ0n) is 5.70. The Bertz CT molecular complexity index is 389. The van der Waals surface area contributed by atoms with Gasteiger partial charge in [0.2, 0.25) is 0 Å². The fraction of sp³-hybridized carbons (Fsp3) is 0. The van der Waals surface area contributed by atoms with Crippen LogP contribution < -0.4 is 0 Å². The standard InChI is InChI=1S/C8H5N3/c1-2-8-10-6-3-4-9-5-7(6)11-8/h1,3-5H,(H,10,11). The average Bonchev–Trinajstić information content (AvgIpc) is 2.46. The van der Waals surface area contributed by atoms with Gasteiger partial charge in [-0.25, -0.2) is 4.98 Å². The summed E-state index contributed by atoms with van der Waals surface area (Å²) in [6, 6.07) is 1.81. The Morgan fingerprint density at radius 1 is 1.55 bits per heavy atom. The van der Waals surface area contributed by atoms with Crippen LogP contribution in [0, 0.1) is 12.3 Å². The molecule has 0 radical (unpaired) electrons. The molecule has 52 valence electrons. The summed E-state index contributed by atoms with van der Waals surface area (Å²) < 4.78 is 0. The number of hydrogen-bond donors (Lipinski definition) is 1. The zero-order valence-corrected chi connectivity index (χ0v) is 5.70. The summed E-state index contributed by atoms with van der Waals surface area (Å²) in [5, 5.41) is 0. The maximum atomic E-state index is 5.15. The first-order valence-corrected chi connectivity index (χ1v) is 3.16. The number of hydrogen-bond acceptors (Lipinski definition) is 2. The smallest absolute Gasteiger partial charge is 0.183 e. The van der Waals surface area contributed by atoms with Crippen LogP contribution in [0.5, 0.6) is 0 Å². The molecule has 0 aliphatic heterocycles. The van der Waals surface area contributed by atoms with Gasteiger partial charge in [-0.2, -0.15) is 0 Å². The number of terminal acetylenes is 1. The van der Waals surface area contributed by atoms with Crippen molar-refractivity contribution in [1.82, 2.24) is 15.0 Å². The molecule has 3 nitrogen and oxygen atoms in total. The summed E-state index contributed by atoms with van der Waals surface area (Å²) in [7, 11) is 0. The highest BCUT2D eigenvalue weighted by Crippen LogP contribution is 2.06. The van der Waals surface area contributed by atoms with Crippen LogP contribution >= 0.6 is 0 Å². The van der Waals surface area contributed by atoms with Gasteiger partial charge in [0, 0.05) is 6.20 Å². The summed E-state index contributed by atoms with van der Waals surface area (Å²) in [6.07, 6.45) is 8.53. The van der Waals surface area contributed by atoms with E-state index in [0.717, 1.165) is 11.0 Å². The van der Waals surface area contributed by atoms with Gasteiger partial charge in [-0.05, 0) is 12.0 Å². The first-order valence-electron chi connectivity index (χ1n) is 3.16. The molecule has 0 unspecified atom stereocenters. The van der Waals surface area contributed by atoms with Crippen LogP contribution in [0.15, 0.2) is 18.5 Å². The molecule has 0 spiro atoms. The molecule has 0 saturated heterocycles. The summed E-state index contributed by atoms with van der Waals surface area (Å²) in [5.74, 6) is 2.97. The van der Waals surface area contributed by atoms with E-state index in [1.165, 1.54) is 0 Å². The topological polar surface area (TPSA) is 41.6 Å². The minimum absolute atomic E-state index is 0.549. The molecular weight excluding hydrogens is 138 g/mol. The molecular formula is C8H5N3. The molecule has 2 rings (SSSR count). The largest absolute Gasteiger partial charge is 0.330 e. The Balaban J connectivity index is 2.81. The highest BCUT2D eigenvalue weighted by Gasteiger charge is 1.97. The van der Waals surface area contributed by atoms with Gasteiger partial charge in [0.25, 0.3) is 0 Å². The van der Waals surface area contributed by atoms with Gasteiger partial charge in [0.05, 0.1) is 17.2 Å². The second kappa shape index (κ2) is 2.10. The lowest BCUT2D eigenvalue weighted by Gasteiger charge is -1.80. The normalized spacial score (nSPS) is 9.73. The van der Waals surface area contributed by atoms with E-state index in [4.69, 9.17) is 6.42 Å². The summed E-state index contributed by atoms with van der Waals surface area (Å²) >= 11 is 0. The van der Waals surface area contributed by atoms with Gasteiger partial charge in [-0.15, -0.1) is 6.42 Å². The summed E-state index contributed by atoms with van der Waals surface area (Å²) in [5.41, 5.74) is 1.73. The Morgan fingerprint density at radius 3 is 3.18 bits per heavy atom. The third kappa shape index (κ3) is 0.849. The van der Waals surface area contributed by atoms with E-state index >= 15 is 0 Å². The zero-order chi connectivity index (χ0) is 7.68. The number of aromatic amines is 1. The molecule has 0 fully saturated rings. The van der Waals surface area contributed by atoms with E-state index in [1.807, 2.05) is 6.07 Å². The van der Waals surface area contributed by atoms with Crippen LogP contribution in [-0.4, -0.2) is 15.0 Å². The van der Waals surface area contributed by atoms with Crippen LogP contribution in [0.1, 0.15) is 5.82 Å². The van der Waals surface area contributed by atoms with E-state index in [0.29, 0.717) is 5.82 Å². The minimum atomic E-state index is 0.549. The van der Waals surface area contributed by atoms with Crippen LogP contribution in [0.2, 0.25) is 0 Å². The molecule has 11 heavy (non-hydrogen) atoms. The molecule has 2 heterocycles. The number of imidazole rings is 1. The number of nitrogens with one attached hydrogen (secondary N) is 1. The second-order valence-electron chi connectivity index (χ2n) is 2.12. The Morgan fingerprint density at radius 2 is 2.45 bits per heavy atom. The van der Waals surface area contributed by atoms with Gasteiger partial charge in [-0.3, -0.25) is 4.98 Å². The van der Waals surface area contributed by atoms with E-state index in [2.05, 4.69) is 20.9 Å². The predicted molar refractivity (Wildman–Crippen MR) is 41.8 cm³/mol. The van der Waals surface area contributed by atoms with Crippen molar-refractivity contribution in [2.45, 2.75) is 0 Å². The van der Waals surface area contributed by atoms with Crippen molar-refractivity contribution in [2.24, 2.45) is 0 Å². The lowest BCUT2D eigenvalue weighted by molar-refractivity contribution is 1.28. The molecule has 0 aromatic carbocycles. The van der Waals surface area contributed by atoms with Gasteiger partial charge in [0.15, 0.2) is 5.82 Å². The molecule has 2 aromatic heterocycles. The third-order valence-electron chi connectivity index (χ3n) is 1.42. The molecule has 2 aromatic rings. The molecule has 0 bridgehead atoms. The number of fused-ring (bicyclic) bond motifs is 1. The van der Waals surface area contributed by atoms with Crippen molar-refractivity contribution in [3.05, 3.63) is 24.3 Å². The fourth-order valence-electron chi connectivity index (χ4n) is 0.925. The molecule has 0 aliphatic carbocycles.